The summed E-state index contributed by atoms with van der Waals surface area (Å²) in [4.78, 5) is 14.8. The van der Waals surface area contributed by atoms with Gasteiger partial charge in [-0.25, -0.2) is 0 Å². The second-order valence-corrected chi connectivity index (χ2v) is 7.36. The molecule has 0 saturated carbocycles. The fourth-order valence-electron chi connectivity index (χ4n) is 3.05. The number of amides is 1. The number of aryl methyl sites for hydroxylation is 1. The van der Waals surface area contributed by atoms with E-state index in [9.17, 15) is 4.79 Å². The summed E-state index contributed by atoms with van der Waals surface area (Å²) in [7, 11) is 0. The lowest BCUT2D eigenvalue weighted by Crippen LogP contribution is -2.38. The second kappa shape index (κ2) is 8.87. The minimum atomic E-state index is 0.0550. The monoisotopic (exact) mass is 414 g/mol. The number of piperidine rings is 1. The molecule has 1 aromatic carbocycles. The number of hydrogen-bond donors (Lipinski definition) is 1. The molecule has 3 nitrogen and oxygen atoms in total. The zero-order chi connectivity index (χ0) is 15.9. The van der Waals surface area contributed by atoms with Gasteiger partial charge in [0.25, 0.3) is 5.91 Å². The van der Waals surface area contributed by atoms with Crippen LogP contribution in [-0.4, -0.2) is 36.5 Å². The van der Waals surface area contributed by atoms with Crippen LogP contribution in [0.1, 0.15) is 54.9 Å². The Labute approximate surface area is 148 Å². The highest BCUT2D eigenvalue weighted by Gasteiger charge is 2.17. The van der Waals surface area contributed by atoms with Crippen molar-refractivity contribution in [3.05, 3.63) is 32.9 Å². The maximum atomic E-state index is 12.2. The van der Waals surface area contributed by atoms with Gasteiger partial charge in [0.15, 0.2) is 0 Å². The molecule has 1 aliphatic rings. The lowest BCUT2D eigenvalue weighted by molar-refractivity contribution is 0.0950. The third-order valence-electron chi connectivity index (χ3n) is 4.53. The van der Waals surface area contributed by atoms with Crippen molar-refractivity contribution in [1.29, 1.82) is 0 Å². The molecule has 1 aliphatic heterocycles. The zero-order valence-corrected chi connectivity index (χ0v) is 15.9. The molecule has 0 radical (unpaired) electrons. The number of carbonyl (C=O) groups excluding carboxylic acids is 1. The second-order valence-electron chi connectivity index (χ2n) is 6.28. The number of hydrogen-bond acceptors (Lipinski definition) is 2. The van der Waals surface area contributed by atoms with Crippen molar-refractivity contribution in [2.24, 2.45) is 0 Å². The van der Waals surface area contributed by atoms with Gasteiger partial charge in [0.05, 0.1) is 5.56 Å². The highest BCUT2D eigenvalue weighted by atomic mass is 127. The number of halogens is 1. The first-order valence-electron chi connectivity index (χ1n) is 8.37. The van der Waals surface area contributed by atoms with Gasteiger partial charge in [0, 0.05) is 16.2 Å². The molecule has 1 atom stereocenters. The first-order chi connectivity index (χ1) is 10.6. The predicted molar refractivity (Wildman–Crippen MR) is 100 cm³/mol. The van der Waals surface area contributed by atoms with Gasteiger partial charge in [-0.1, -0.05) is 18.6 Å². The number of unbranched alkanes of at least 4 members (excludes halogenated alkanes) is 1. The molecule has 1 heterocycles. The standard InChI is InChI=1S/C18H27IN2O/c1-14-8-7-10-16(17(14)19)18(22)20-11-4-6-13-21-12-5-3-9-15(21)2/h7-8,10,15H,3-6,9,11-13H2,1-2H3,(H,20,22). The molecule has 1 unspecified atom stereocenters. The molecule has 1 fully saturated rings. The predicted octanol–water partition coefficient (Wildman–Crippen LogP) is 3.98. The van der Waals surface area contributed by atoms with Crippen LogP contribution in [0.25, 0.3) is 0 Å². The summed E-state index contributed by atoms with van der Waals surface area (Å²) < 4.78 is 1.06. The van der Waals surface area contributed by atoms with E-state index in [2.05, 4.69) is 39.7 Å². The molecule has 4 heteroatoms. The number of carbonyl (C=O) groups is 1. The first-order valence-corrected chi connectivity index (χ1v) is 9.45. The molecule has 0 spiro atoms. The lowest BCUT2D eigenvalue weighted by atomic mass is 10.0. The third-order valence-corrected chi connectivity index (χ3v) is 5.97. The fraction of sp³-hybridized carbons (Fsp3) is 0.611. The number of nitrogens with zero attached hydrogens (tertiary/aromatic N) is 1. The van der Waals surface area contributed by atoms with E-state index in [1.165, 1.54) is 32.4 Å². The highest BCUT2D eigenvalue weighted by molar-refractivity contribution is 14.1. The van der Waals surface area contributed by atoms with Gasteiger partial charge in [0.1, 0.15) is 0 Å². The molecule has 22 heavy (non-hydrogen) atoms. The molecular formula is C18H27IN2O. The molecule has 0 bridgehead atoms. The Bertz CT molecular complexity index is 504. The Morgan fingerprint density at radius 2 is 2.18 bits per heavy atom. The summed E-state index contributed by atoms with van der Waals surface area (Å²) >= 11 is 2.25. The molecule has 2 rings (SSSR count). The Morgan fingerprint density at radius 3 is 2.95 bits per heavy atom. The summed E-state index contributed by atoms with van der Waals surface area (Å²) in [6.45, 7) is 7.55. The molecule has 1 saturated heterocycles. The number of likely N-dealkylation sites (tertiary alicyclic amines) is 1. The van der Waals surface area contributed by atoms with Crippen LogP contribution in [0.15, 0.2) is 18.2 Å². The van der Waals surface area contributed by atoms with Crippen LogP contribution in [-0.2, 0) is 0 Å². The van der Waals surface area contributed by atoms with Crippen molar-refractivity contribution in [1.82, 2.24) is 10.2 Å². The van der Waals surface area contributed by atoms with Gasteiger partial charge >= 0.3 is 0 Å². The minimum Gasteiger partial charge on any atom is -0.352 e. The molecular weight excluding hydrogens is 387 g/mol. The molecule has 122 valence electrons. The average Bonchev–Trinajstić information content (AvgIpc) is 2.51. The summed E-state index contributed by atoms with van der Waals surface area (Å²) in [5, 5.41) is 3.05. The van der Waals surface area contributed by atoms with E-state index in [1.54, 1.807) is 0 Å². The molecule has 0 aliphatic carbocycles. The highest BCUT2D eigenvalue weighted by Crippen LogP contribution is 2.17. The molecule has 0 aromatic heterocycles. The quantitative estimate of drug-likeness (QED) is 0.564. The van der Waals surface area contributed by atoms with Gasteiger partial charge in [-0.2, -0.15) is 0 Å². The SMILES string of the molecule is Cc1cccc(C(=O)NCCCCN2CCCCC2C)c1I. The summed E-state index contributed by atoms with van der Waals surface area (Å²) in [6.07, 6.45) is 6.27. The maximum absolute atomic E-state index is 12.2. The van der Waals surface area contributed by atoms with E-state index in [-0.39, 0.29) is 5.91 Å². The van der Waals surface area contributed by atoms with Crippen LogP contribution in [0.3, 0.4) is 0 Å². The third kappa shape index (κ3) is 4.95. The maximum Gasteiger partial charge on any atom is 0.252 e. The Balaban J connectivity index is 1.68. The van der Waals surface area contributed by atoms with Crippen LogP contribution in [0, 0.1) is 10.5 Å². The van der Waals surface area contributed by atoms with Crippen LogP contribution >= 0.6 is 22.6 Å². The van der Waals surface area contributed by atoms with Gasteiger partial charge in [-0.3, -0.25) is 4.79 Å². The van der Waals surface area contributed by atoms with Crippen molar-refractivity contribution in [3.63, 3.8) is 0 Å². The number of benzene rings is 1. The van der Waals surface area contributed by atoms with Gasteiger partial charge in [0.2, 0.25) is 0 Å². The Hall–Kier alpha value is -0.620. The van der Waals surface area contributed by atoms with Gasteiger partial charge < -0.3 is 10.2 Å². The summed E-state index contributed by atoms with van der Waals surface area (Å²) in [6, 6.07) is 6.62. The largest absolute Gasteiger partial charge is 0.352 e. The molecule has 1 N–H and O–H groups in total. The Kier molecular flexibility index (Phi) is 7.15. The van der Waals surface area contributed by atoms with Crippen molar-refractivity contribution in [2.75, 3.05) is 19.6 Å². The van der Waals surface area contributed by atoms with Crippen molar-refractivity contribution in [2.45, 2.75) is 52.0 Å². The smallest absolute Gasteiger partial charge is 0.252 e. The molecule has 1 amide bonds. The van der Waals surface area contributed by atoms with Gasteiger partial charge in [-0.05, 0) is 86.8 Å². The summed E-state index contributed by atoms with van der Waals surface area (Å²) in [5.41, 5.74) is 1.96. The summed E-state index contributed by atoms with van der Waals surface area (Å²) in [5.74, 6) is 0.0550. The number of nitrogens with one attached hydrogen (secondary N) is 1. The van der Waals surface area contributed by atoms with Crippen molar-refractivity contribution in [3.8, 4) is 0 Å². The van der Waals surface area contributed by atoms with Crippen LogP contribution < -0.4 is 5.32 Å². The van der Waals surface area contributed by atoms with E-state index in [0.717, 1.165) is 40.1 Å². The number of rotatable bonds is 6. The van der Waals surface area contributed by atoms with E-state index < -0.39 is 0 Å². The van der Waals surface area contributed by atoms with E-state index in [4.69, 9.17) is 0 Å². The Morgan fingerprint density at radius 1 is 1.36 bits per heavy atom. The fourth-order valence-corrected chi connectivity index (χ4v) is 3.65. The minimum absolute atomic E-state index is 0.0550. The average molecular weight is 414 g/mol. The van der Waals surface area contributed by atoms with E-state index in [0.29, 0.717) is 0 Å². The van der Waals surface area contributed by atoms with Crippen LogP contribution in [0.2, 0.25) is 0 Å². The van der Waals surface area contributed by atoms with Crippen LogP contribution in [0.4, 0.5) is 0 Å². The first kappa shape index (κ1) is 17.7. The van der Waals surface area contributed by atoms with Crippen molar-refractivity contribution >= 4 is 28.5 Å². The van der Waals surface area contributed by atoms with Crippen molar-refractivity contribution < 1.29 is 4.79 Å². The lowest BCUT2D eigenvalue weighted by Gasteiger charge is -2.33. The topological polar surface area (TPSA) is 32.3 Å². The molecule has 1 aromatic rings. The normalized spacial score (nSPS) is 19.1. The zero-order valence-electron chi connectivity index (χ0n) is 13.7. The van der Waals surface area contributed by atoms with Crippen LogP contribution in [0.5, 0.6) is 0 Å². The van der Waals surface area contributed by atoms with Gasteiger partial charge in [-0.15, -0.1) is 0 Å². The van der Waals surface area contributed by atoms with E-state index >= 15 is 0 Å². The van der Waals surface area contributed by atoms with E-state index in [1.807, 2.05) is 25.1 Å².